The summed E-state index contributed by atoms with van der Waals surface area (Å²) in [6.45, 7) is 5.83. The molecule has 0 radical (unpaired) electrons. The van der Waals surface area contributed by atoms with Gasteiger partial charge in [0.05, 0.1) is 0 Å². The second-order valence-electron chi connectivity index (χ2n) is 5.54. The van der Waals surface area contributed by atoms with Gasteiger partial charge in [-0.3, -0.25) is 0 Å². The summed E-state index contributed by atoms with van der Waals surface area (Å²) in [5.41, 5.74) is 1.20. The van der Waals surface area contributed by atoms with E-state index in [0.29, 0.717) is 5.75 Å². The molecule has 0 saturated heterocycles. The van der Waals surface area contributed by atoms with E-state index in [1.807, 2.05) is 12.1 Å². The monoisotopic (exact) mass is 325 g/mol. The van der Waals surface area contributed by atoms with Crippen LogP contribution in [0.2, 0.25) is 0 Å². The molecule has 1 aromatic rings. The van der Waals surface area contributed by atoms with Gasteiger partial charge in [0.15, 0.2) is 10.3 Å². The van der Waals surface area contributed by atoms with Crippen molar-refractivity contribution in [3.8, 4) is 5.75 Å². The Morgan fingerprint density at radius 2 is 1.81 bits per heavy atom. The molecule has 1 unspecified atom stereocenters. The topological polar surface area (TPSA) is 98.7 Å². The predicted octanol–water partition coefficient (Wildman–Crippen LogP) is -2.22. The average Bonchev–Trinajstić information content (AvgIpc) is 2.32. The van der Waals surface area contributed by atoms with Crippen molar-refractivity contribution in [2.75, 3.05) is 13.2 Å². The fourth-order valence-electron chi connectivity index (χ4n) is 1.50. The smallest absolute Gasteiger partial charge is 0.735 e. The number of hydrogen-bond donors (Lipinski definition) is 2. The minimum absolute atomic E-state index is 0. The summed E-state index contributed by atoms with van der Waals surface area (Å²) < 4.78 is 38.0. The van der Waals surface area contributed by atoms with Crippen LogP contribution in [0.5, 0.6) is 5.75 Å². The van der Waals surface area contributed by atoms with Gasteiger partial charge in [-0.1, -0.05) is 32.9 Å². The van der Waals surface area contributed by atoms with Crippen LogP contribution in [0.25, 0.3) is 0 Å². The van der Waals surface area contributed by atoms with Crippen LogP contribution < -0.4 is 39.0 Å². The molecule has 0 aromatic heterocycles. The zero-order valence-corrected chi connectivity index (χ0v) is 15.6. The number of rotatable bonds is 6. The number of nitrogens with one attached hydrogen (secondary N) is 1. The fourth-order valence-corrected chi connectivity index (χ4v) is 1.90. The summed E-state index contributed by atoms with van der Waals surface area (Å²) in [6, 6.07) is 7.43. The molecule has 0 fully saturated rings. The normalized spacial score (nSPS) is 13.4. The van der Waals surface area contributed by atoms with Crippen molar-refractivity contribution in [3.05, 3.63) is 29.8 Å². The quantitative estimate of drug-likeness (QED) is 0.456. The second kappa shape index (κ2) is 8.47. The largest absolute Gasteiger partial charge is 1.00 e. The van der Waals surface area contributed by atoms with E-state index in [1.54, 1.807) is 16.9 Å². The Hall–Kier alpha value is -0.150. The minimum Gasteiger partial charge on any atom is -0.735 e. The standard InChI is InChI=1S/C13H21NO5S.Na/c1-13(2,3)10-4-6-12(7-5-10)19-9-11(15)8-14-20(16,17)18;/h4-7,11,14-15H,8-9H2,1-3H3,(H,16,17,18);/q;+1/p-1. The Morgan fingerprint density at radius 3 is 2.24 bits per heavy atom. The molecule has 1 aromatic carbocycles. The molecular weight excluding hydrogens is 305 g/mol. The Labute approximate surface area is 148 Å². The summed E-state index contributed by atoms with van der Waals surface area (Å²) in [4.78, 5) is 0. The van der Waals surface area contributed by atoms with Crippen molar-refractivity contribution in [1.82, 2.24) is 4.72 Å². The fraction of sp³-hybridized carbons (Fsp3) is 0.538. The Kier molecular flexibility index (Phi) is 8.41. The van der Waals surface area contributed by atoms with Crippen molar-refractivity contribution >= 4 is 10.3 Å². The van der Waals surface area contributed by atoms with E-state index >= 15 is 0 Å². The summed E-state index contributed by atoms with van der Waals surface area (Å²) in [6.07, 6.45) is -1.08. The van der Waals surface area contributed by atoms with Crippen LogP contribution in [0.15, 0.2) is 24.3 Å². The molecule has 1 atom stereocenters. The van der Waals surface area contributed by atoms with E-state index in [1.165, 1.54) is 0 Å². The second-order valence-corrected chi connectivity index (χ2v) is 6.74. The first-order valence-electron chi connectivity index (χ1n) is 6.20. The Morgan fingerprint density at radius 1 is 1.29 bits per heavy atom. The summed E-state index contributed by atoms with van der Waals surface area (Å²) in [5, 5.41) is 9.47. The summed E-state index contributed by atoms with van der Waals surface area (Å²) in [5.74, 6) is 0.571. The van der Waals surface area contributed by atoms with Gasteiger partial charge in [0, 0.05) is 6.54 Å². The first kappa shape index (κ1) is 20.9. The molecule has 1 rings (SSSR count). The van der Waals surface area contributed by atoms with E-state index in [0.717, 1.165) is 5.56 Å². The minimum atomic E-state index is -4.54. The van der Waals surface area contributed by atoms with Gasteiger partial charge < -0.3 is 14.4 Å². The average molecular weight is 325 g/mol. The molecule has 6 nitrogen and oxygen atoms in total. The van der Waals surface area contributed by atoms with Crippen LogP contribution in [0, 0.1) is 0 Å². The van der Waals surface area contributed by atoms with Crippen molar-refractivity contribution in [3.63, 3.8) is 0 Å². The third-order valence-electron chi connectivity index (χ3n) is 2.66. The van der Waals surface area contributed by atoms with Gasteiger partial charge in [0.2, 0.25) is 0 Å². The zero-order chi connectivity index (χ0) is 15.4. The van der Waals surface area contributed by atoms with Gasteiger partial charge in [-0.05, 0) is 23.1 Å². The molecule has 114 valence electrons. The van der Waals surface area contributed by atoms with Crippen molar-refractivity contribution in [2.24, 2.45) is 0 Å². The number of aliphatic hydroxyl groups excluding tert-OH is 1. The molecule has 0 heterocycles. The summed E-state index contributed by atoms with van der Waals surface area (Å²) >= 11 is 0. The number of hydrogen-bond acceptors (Lipinski definition) is 5. The maximum Gasteiger partial charge on any atom is 1.00 e. The molecule has 0 aliphatic rings. The van der Waals surface area contributed by atoms with Crippen molar-refractivity contribution < 1.29 is 52.4 Å². The maximum atomic E-state index is 10.3. The number of benzene rings is 1. The predicted molar refractivity (Wildman–Crippen MR) is 74.3 cm³/mol. The number of aliphatic hydroxyl groups is 1. The number of ether oxygens (including phenoxy) is 1. The molecule has 21 heavy (non-hydrogen) atoms. The van der Waals surface area contributed by atoms with Gasteiger partial charge >= 0.3 is 29.6 Å². The van der Waals surface area contributed by atoms with Crippen molar-refractivity contribution in [1.29, 1.82) is 0 Å². The van der Waals surface area contributed by atoms with Crippen LogP contribution in [-0.2, 0) is 15.7 Å². The van der Waals surface area contributed by atoms with E-state index in [2.05, 4.69) is 20.8 Å². The Bertz CT molecular complexity index is 524. The molecule has 0 aliphatic heterocycles. The molecular formula is C13H20NNaO5S. The van der Waals surface area contributed by atoms with Crippen molar-refractivity contribution in [2.45, 2.75) is 32.3 Å². The van der Waals surface area contributed by atoms with E-state index in [4.69, 9.17) is 4.74 Å². The van der Waals surface area contributed by atoms with E-state index in [-0.39, 0.29) is 48.1 Å². The van der Waals surface area contributed by atoms with Gasteiger partial charge in [0.25, 0.3) is 0 Å². The zero-order valence-electron chi connectivity index (χ0n) is 12.8. The molecule has 0 spiro atoms. The van der Waals surface area contributed by atoms with E-state index in [9.17, 15) is 18.1 Å². The Balaban J connectivity index is 0.00000400. The first-order chi connectivity index (χ1) is 9.08. The van der Waals surface area contributed by atoms with Gasteiger partial charge in [0.1, 0.15) is 18.5 Å². The maximum absolute atomic E-state index is 10.3. The van der Waals surface area contributed by atoms with Crippen LogP contribution in [0.4, 0.5) is 0 Å². The molecule has 0 amide bonds. The molecule has 0 aliphatic carbocycles. The van der Waals surface area contributed by atoms with Crippen LogP contribution in [0.1, 0.15) is 26.3 Å². The van der Waals surface area contributed by atoms with Gasteiger partial charge in [-0.15, -0.1) is 0 Å². The molecule has 8 heteroatoms. The molecule has 2 N–H and O–H groups in total. The first-order valence-corrected chi connectivity index (χ1v) is 7.60. The third-order valence-corrected chi connectivity index (χ3v) is 3.18. The molecule has 0 bridgehead atoms. The van der Waals surface area contributed by atoms with Crippen LogP contribution in [-0.4, -0.2) is 37.3 Å². The SMILES string of the molecule is CC(C)(C)c1ccc(OCC(O)CNS(=O)(=O)[O-])cc1.[Na+]. The van der Waals surface area contributed by atoms with E-state index < -0.39 is 16.4 Å². The van der Waals surface area contributed by atoms with Crippen LogP contribution in [0.3, 0.4) is 0 Å². The molecule has 0 saturated carbocycles. The van der Waals surface area contributed by atoms with Crippen LogP contribution >= 0.6 is 0 Å². The van der Waals surface area contributed by atoms with Gasteiger partial charge in [-0.25, -0.2) is 13.1 Å². The third kappa shape index (κ3) is 8.77. The summed E-state index contributed by atoms with van der Waals surface area (Å²) in [7, 11) is -4.54. The van der Waals surface area contributed by atoms with Gasteiger partial charge in [-0.2, -0.15) is 0 Å².